The molecule has 0 aromatic heterocycles. The number of halogens is 2. The molecule has 8 rings (SSSR count). The van der Waals surface area contributed by atoms with E-state index in [2.05, 4.69) is 15.6 Å². The SMILES string of the molecule is CC1(C)S[C@@H]2[C@H](NC(=O)C(C(=O)Oc3ccc4c(c3)CCC4)c3ccccc3)C(=O)N2[C@H]1C(=O)[O-].CNC1=Nc2ccc(Cl)cc2C(c2ccccc2)=[N+]([O-])C1.Cl.[Na+]. The maximum absolute atomic E-state index is 13.4. The molecule has 3 heterocycles. The van der Waals surface area contributed by atoms with Crippen molar-refractivity contribution in [2.24, 2.45) is 4.99 Å². The Bertz CT molecular complexity index is 2280. The maximum atomic E-state index is 13.4. The zero-order chi connectivity index (χ0) is 39.7. The second-order valence-corrected chi connectivity index (χ2v) is 16.5. The number of aliphatic carboxylic acids is 1. The van der Waals surface area contributed by atoms with Crippen LogP contribution in [0.2, 0.25) is 5.02 Å². The minimum absolute atomic E-state index is 0. The molecule has 4 aromatic rings. The normalized spacial score (nSPS) is 20.1. The Balaban J connectivity index is 0.000000239. The third-order valence-corrected chi connectivity index (χ3v) is 12.0. The number of nitrogens with zero attached hydrogens (tertiary/aromatic N) is 3. The van der Waals surface area contributed by atoms with E-state index in [1.54, 1.807) is 69.4 Å². The molecular formula is C42H40Cl2N5NaO7S. The number of fused-ring (bicyclic) bond motifs is 3. The van der Waals surface area contributed by atoms with Gasteiger partial charge in [-0.3, -0.25) is 14.4 Å². The topological polar surface area (TPSA) is 166 Å². The number of hydrogen-bond acceptors (Lipinski definition) is 10. The molecular weight excluding hydrogens is 812 g/mol. The molecule has 58 heavy (non-hydrogen) atoms. The summed E-state index contributed by atoms with van der Waals surface area (Å²) in [5.74, 6) is -3.54. The Kier molecular flexibility index (Phi) is 14.4. The van der Waals surface area contributed by atoms with E-state index < -0.39 is 51.9 Å². The summed E-state index contributed by atoms with van der Waals surface area (Å²) in [5, 5.41) is 29.9. The molecule has 2 fully saturated rings. The van der Waals surface area contributed by atoms with Crippen molar-refractivity contribution in [3.8, 4) is 5.75 Å². The second-order valence-electron chi connectivity index (χ2n) is 14.3. The van der Waals surface area contributed by atoms with E-state index in [0.717, 1.165) is 46.4 Å². The van der Waals surface area contributed by atoms with E-state index in [9.17, 15) is 29.5 Å². The van der Waals surface area contributed by atoms with E-state index in [-0.39, 0.29) is 48.5 Å². The van der Waals surface area contributed by atoms with Crippen LogP contribution in [0.25, 0.3) is 0 Å². The first-order valence-electron chi connectivity index (χ1n) is 18.2. The number of aliphatic imine (C=N–C) groups is 1. The van der Waals surface area contributed by atoms with Crippen molar-refractivity contribution in [3.05, 3.63) is 135 Å². The van der Waals surface area contributed by atoms with Crippen LogP contribution >= 0.6 is 35.8 Å². The second kappa shape index (κ2) is 18.7. The number of benzene rings is 4. The van der Waals surface area contributed by atoms with Crippen LogP contribution in [-0.4, -0.2) is 80.7 Å². The van der Waals surface area contributed by atoms with Gasteiger partial charge in [0.15, 0.2) is 11.8 Å². The first kappa shape index (κ1) is 44.7. The molecule has 0 spiro atoms. The average Bonchev–Trinajstić information content (AvgIpc) is 3.71. The van der Waals surface area contributed by atoms with E-state index >= 15 is 0 Å². The van der Waals surface area contributed by atoms with Gasteiger partial charge in [-0.05, 0) is 92.3 Å². The molecule has 2 amide bonds. The van der Waals surface area contributed by atoms with E-state index in [4.69, 9.17) is 16.3 Å². The number of hydrogen-bond donors (Lipinski definition) is 2. The Morgan fingerprint density at radius 1 is 0.983 bits per heavy atom. The van der Waals surface area contributed by atoms with Gasteiger partial charge in [0.25, 0.3) is 0 Å². The molecule has 12 nitrogen and oxygen atoms in total. The van der Waals surface area contributed by atoms with Crippen LogP contribution in [0.15, 0.2) is 102 Å². The van der Waals surface area contributed by atoms with E-state index in [1.807, 2.05) is 48.5 Å². The Morgan fingerprint density at radius 2 is 1.66 bits per heavy atom. The van der Waals surface area contributed by atoms with Crippen LogP contribution in [0.1, 0.15) is 54.0 Å². The first-order valence-corrected chi connectivity index (χ1v) is 19.4. The Labute approximate surface area is 373 Å². The van der Waals surface area contributed by atoms with Crippen LogP contribution in [-0.2, 0) is 32.0 Å². The molecule has 0 saturated carbocycles. The van der Waals surface area contributed by atoms with Crippen LogP contribution in [0.5, 0.6) is 5.75 Å². The molecule has 296 valence electrons. The number of carboxylic acid groups (broad SMARTS) is 1. The zero-order valence-electron chi connectivity index (χ0n) is 32.3. The quantitative estimate of drug-likeness (QED) is 0.0534. The standard InChI is InChI=1S/C26H26N2O6S.C16H14ClN3O.ClH.Na/c1-26(2)20(24(31)32)28-22(30)19(23(28)35-26)27-21(29)18(15-7-4-3-5-8-15)25(33)34-17-12-11-14-9-6-10-16(14)13-17;1-18-15-10-20(21)16(11-5-3-2-4-6-11)13-9-12(17)7-8-14(13)19-15;;/h3-5,7-8,11-13,18-20,23H,6,9-10H2,1-2H3,(H,27,29)(H,31,32);2-9H,10H2,1H3,(H,18,19);1H;/q;;;+1/p-1/t18?,19-,20+,23-;;;/m1.../s1. The van der Waals surface area contributed by atoms with Gasteiger partial charge in [-0.2, -0.15) is 4.74 Å². The number of thioether (sulfide) groups is 1. The number of ether oxygens (including phenoxy) is 1. The van der Waals surface area contributed by atoms with Gasteiger partial charge in [-0.25, -0.2) is 4.99 Å². The number of esters is 1. The van der Waals surface area contributed by atoms with Gasteiger partial charge in [0.2, 0.25) is 24.1 Å². The summed E-state index contributed by atoms with van der Waals surface area (Å²) in [4.78, 5) is 56.8. The van der Waals surface area contributed by atoms with Gasteiger partial charge < -0.3 is 35.4 Å². The molecule has 16 heteroatoms. The molecule has 0 bridgehead atoms. The molecule has 2 saturated heterocycles. The van der Waals surface area contributed by atoms with E-state index in [0.29, 0.717) is 27.9 Å². The first-order chi connectivity index (χ1) is 26.9. The van der Waals surface area contributed by atoms with Crippen molar-refractivity contribution >= 4 is 76.8 Å². The third-order valence-electron chi connectivity index (χ3n) is 10.2. The number of carbonyl (C=O) groups is 4. The summed E-state index contributed by atoms with van der Waals surface area (Å²) in [7, 11) is 1.76. The number of carbonyl (C=O) groups excluding carboxylic acids is 4. The maximum Gasteiger partial charge on any atom is 1.00 e. The summed E-state index contributed by atoms with van der Waals surface area (Å²) >= 11 is 7.39. The fourth-order valence-corrected chi connectivity index (χ4v) is 9.34. The minimum atomic E-state index is -1.33. The van der Waals surface area contributed by atoms with Gasteiger partial charge >= 0.3 is 35.5 Å². The Hall–Kier alpha value is -4.37. The minimum Gasteiger partial charge on any atom is -0.623 e. The van der Waals surface area contributed by atoms with Crippen molar-refractivity contribution in [2.45, 2.75) is 61.2 Å². The van der Waals surface area contributed by atoms with Crippen LogP contribution < -0.4 is 50.0 Å². The molecule has 0 radical (unpaired) electrons. The average molecular weight is 853 g/mol. The summed E-state index contributed by atoms with van der Waals surface area (Å²) < 4.78 is 5.80. The number of hydroxylamine groups is 1. The van der Waals surface area contributed by atoms with Crippen molar-refractivity contribution in [1.82, 2.24) is 15.5 Å². The monoisotopic (exact) mass is 851 g/mol. The largest absolute Gasteiger partial charge is 1.00 e. The van der Waals surface area contributed by atoms with Gasteiger partial charge in [0.1, 0.15) is 17.2 Å². The number of amidine groups is 1. The summed E-state index contributed by atoms with van der Waals surface area (Å²) in [5.41, 5.74) is 5.73. The van der Waals surface area contributed by atoms with Gasteiger partial charge in [0, 0.05) is 22.4 Å². The van der Waals surface area contributed by atoms with Gasteiger partial charge in [0.05, 0.1) is 23.3 Å². The number of β-lactam (4-membered cyclic amide) rings is 1. The van der Waals surface area contributed by atoms with Crippen molar-refractivity contribution in [2.75, 3.05) is 13.6 Å². The molecule has 1 unspecified atom stereocenters. The molecule has 2 N–H and O–H groups in total. The fourth-order valence-electron chi connectivity index (χ4n) is 7.55. The summed E-state index contributed by atoms with van der Waals surface area (Å²) in [6.45, 7) is 3.62. The van der Waals surface area contributed by atoms with Gasteiger partial charge in [-0.15, -0.1) is 24.2 Å². The molecule has 4 aliphatic rings. The van der Waals surface area contributed by atoms with E-state index in [1.165, 1.54) is 22.2 Å². The van der Waals surface area contributed by atoms with Crippen LogP contribution in [0.3, 0.4) is 0 Å². The number of likely N-dealkylation sites (N-methyl/N-ethyl adjacent to an activating group) is 1. The molecule has 1 aliphatic carbocycles. The van der Waals surface area contributed by atoms with Crippen LogP contribution in [0, 0.1) is 5.21 Å². The van der Waals surface area contributed by atoms with Crippen molar-refractivity contribution < 1.29 is 63.3 Å². The summed E-state index contributed by atoms with van der Waals surface area (Å²) in [6.07, 6.45) is 2.98. The molecule has 3 aliphatic heterocycles. The zero-order valence-corrected chi connectivity index (χ0v) is 36.7. The molecule has 4 atom stereocenters. The summed E-state index contributed by atoms with van der Waals surface area (Å²) in [6, 6.07) is 27.0. The number of aryl methyl sites for hydroxylation is 2. The molecule has 4 aromatic carbocycles. The van der Waals surface area contributed by atoms with Crippen molar-refractivity contribution in [3.63, 3.8) is 0 Å². The smallest absolute Gasteiger partial charge is 0.623 e. The van der Waals surface area contributed by atoms with Gasteiger partial charge in [-0.1, -0.05) is 66.2 Å². The number of carboxylic acids is 1. The third kappa shape index (κ3) is 9.10. The number of nitrogens with one attached hydrogen (secondary N) is 2. The fraction of sp³-hybridized carbons (Fsp3) is 0.286. The predicted octanol–water partition coefficient (Wildman–Crippen LogP) is 1.54. The van der Waals surface area contributed by atoms with Crippen molar-refractivity contribution in [1.29, 1.82) is 0 Å². The number of amides is 2. The number of rotatable bonds is 7. The predicted molar refractivity (Wildman–Crippen MR) is 219 cm³/mol. The van der Waals surface area contributed by atoms with Crippen LogP contribution in [0.4, 0.5) is 5.69 Å². The Morgan fingerprint density at radius 3 is 2.33 bits per heavy atom.